The van der Waals surface area contributed by atoms with Crippen molar-refractivity contribution in [2.75, 3.05) is 19.7 Å². The van der Waals surface area contributed by atoms with E-state index in [2.05, 4.69) is 18.7 Å². The predicted molar refractivity (Wildman–Crippen MR) is 58.1 cm³/mol. The number of nitrogens with zero attached hydrogens (tertiary/aromatic N) is 1. The molecule has 1 saturated heterocycles. The van der Waals surface area contributed by atoms with E-state index in [0.29, 0.717) is 31.5 Å². The molecule has 2 unspecified atom stereocenters. The van der Waals surface area contributed by atoms with Gasteiger partial charge in [0, 0.05) is 19.1 Å². The summed E-state index contributed by atoms with van der Waals surface area (Å²) in [5.74, 6) is 0.484. The van der Waals surface area contributed by atoms with E-state index in [1.54, 1.807) is 0 Å². The minimum absolute atomic E-state index is 0.135. The van der Waals surface area contributed by atoms with Crippen molar-refractivity contribution in [1.82, 2.24) is 4.90 Å². The van der Waals surface area contributed by atoms with Crippen LogP contribution >= 0.6 is 0 Å². The minimum atomic E-state index is -0.691. The number of halogens is 1. The van der Waals surface area contributed by atoms with Gasteiger partial charge in [-0.05, 0) is 12.3 Å². The lowest BCUT2D eigenvalue weighted by molar-refractivity contribution is 0.157. The van der Waals surface area contributed by atoms with Gasteiger partial charge >= 0.3 is 0 Å². The zero-order valence-corrected chi connectivity index (χ0v) is 9.83. The highest BCUT2D eigenvalue weighted by Crippen LogP contribution is 2.25. The second kappa shape index (κ2) is 7.18. The van der Waals surface area contributed by atoms with Crippen molar-refractivity contribution < 1.29 is 9.50 Å². The number of β-amino-alcohol motifs (C(OH)–C–C–N with tert-alkyl or cyclic N) is 1. The topological polar surface area (TPSA) is 23.5 Å². The highest BCUT2D eigenvalue weighted by atomic mass is 19.1. The van der Waals surface area contributed by atoms with Crippen molar-refractivity contribution in [2.24, 2.45) is 5.92 Å². The summed E-state index contributed by atoms with van der Waals surface area (Å²) in [6.45, 7) is 9.46. The Labute approximate surface area is 87.1 Å². The van der Waals surface area contributed by atoms with E-state index >= 15 is 0 Å². The highest BCUT2D eigenvalue weighted by molar-refractivity contribution is 4.86. The van der Waals surface area contributed by atoms with Gasteiger partial charge in [0.05, 0.1) is 6.61 Å². The van der Waals surface area contributed by atoms with E-state index in [1.165, 1.54) is 0 Å². The van der Waals surface area contributed by atoms with Crippen LogP contribution in [0, 0.1) is 5.92 Å². The molecule has 0 radical (unpaired) electrons. The number of aliphatic hydroxyl groups is 1. The van der Waals surface area contributed by atoms with E-state index < -0.39 is 6.17 Å². The second-order valence-electron chi connectivity index (χ2n) is 3.86. The Bertz CT molecular complexity index is 141. The summed E-state index contributed by atoms with van der Waals surface area (Å²) in [4.78, 5) is 2.05. The third kappa shape index (κ3) is 3.93. The van der Waals surface area contributed by atoms with Crippen LogP contribution in [0.1, 0.15) is 34.1 Å². The van der Waals surface area contributed by atoms with Crippen molar-refractivity contribution >= 4 is 0 Å². The van der Waals surface area contributed by atoms with Crippen LogP contribution in [0.2, 0.25) is 0 Å². The van der Waals surface area contributed by atoms with Gasteiger partial charge < -0.3 is 5.11 Å². The third-order valence-electron chi connectivity index (χ3n) is 2.56. The maximum atomic E-state index is 13.0. The fraction of sp³-hybridized carbons (Fsp3) is 1.00. The molecular weight excluding hydrogens is 181 g/mol. The molecule has 0 amide bonds. The van der Waals surface area contributed by atoms with E-state index in [0.717, 1.165) is 0 Å². The number of rotatable bonds is 3. The average Bonchev–Trinajstić information content (AvgIpc) is 2.51. The average molecular weight is 205 g/mol. The molecule has 0 aromatic heterocycles. The van der Waals surface area contributed by atoms with E-state index in [9.17, 15) is 4.39 Å². The monoisotopic (exact) mass is 205 g/mol. The van der Waals surface area contributed by atoms with Gasteiger partial charge in [-0.25, -0.2) is 4.39 Å². The Morgan fingerprint density at radius 1 is 1.43 bits per heavy atom. The normalized spacial score (nSPS) is 27.6. The number of likely N-dealkylation sites (tertiary alicyclic amines) is 1. The Morgan fingerprint density at radius 2 is 2.00 bits per heavy atom. The van der Waals surface area contributed by atoms with Crippen molar-refractivity contribution in [3.63, 3.8) is 0 Å². The molecular formula is C11H24FNO. The lowest BCUT2D eigenvalue weighted by Gasteiger charge is -2.25. The molecule has 2 atom stereocenters. The summed E-state index contributed by atoms with van der Waals surface area (Å²) in [5, 5.41) is 8.75. The number of hydrogen-bond acceptors (Lipinski definition) is 2. The Balaban J connectivity index is 0.000000791. The maximum absolute atomic E-state index is 13.0. The molecule has 0 aromatic rings. The van der Waals surface area contributed by atoms with Gasteiger partial charge in [-0.3, -0.25) is 4.90 Å². The van der Waals surface area contributed by atoms with Gasteiger partial charge in [-0.15, -0.1) is 0 Å². The van der Waals surface area contributed by atoms with Gasteiger partial charge in [0.15, 0.2) is 0 Å². The van der Waals surface area contributed by atoms with Crippen LogP contribution in [0.25, 0.3) is 0 Å². The van der Waals surface area contributed by atoms with E-state index in [4.69, 9.17) is 5.11 Å². The molecule has 1 aliphatic heterocycles. The SMILES string of the molecule is CC.CC(C)C1CC(F)CN1CCO. The zero-order valence-electron chi connectivity index (χ0n) is 9.83. The Hall–Kier alpha value is -0.150. The minimum Gasteiger partial charge on any atom is -0.395 e. The summed E-state index contributed by atoms with van der Waals surface area (Å²) >= 11 is 0. The smallest absolute Gasteiger partial charge is 0.114 e. The first kappa shape index (κ1) is 13.8. The first-order valence-electron chi connectivity index (χ1n) is 5.64. The van der Waals surface area contributed by atoms with Crippen molar-refractivity contribution in [3.8, 4) is 0 Å². The first-order chi connectivity index (χ1) is 6.65. The Morgan fingerprint density at radius 3 is 2.43 bits per heavy atom. The van der Waals surface area contributed by atoms with Crippen LogP contribution in [-0.2, 0) is 0 Å². The largest absolute Gasteiger partial charge is 0.395 e. The molecule has 14 heavy (non-hydrogen) atoms. The standard InChI is InChI=1S/C9H18FNO.C2H6/c1-7(2)9-5-8(10)6-11(9)3-4-12;1-2/h7-9,12H,3-6H2,1-2H3;1-2H3. The molecule has 1 heterocycles. The van der Waals surface area contributed by atoms with Gasteiger partial charge in [0.1, 0.15) is 6.17 Å². The predicted octanol–water partition coefficient (Wildman–Crippen LogP) is 2.07. The molecule has 0 bridgehead atoms. The fourth-order valence-corrected chi connectivity index (χ4v) is 1.95. The third-order valence-corrected chi connectivity index (χ3v) is 2.56. The summed E-state index contributed by atoms with van der Waals surface area (Å²) in [6, 6.07) is 0.326. The maximum Gasteiger partial charge on any atom is 0.114 e. The molecule has 0 aromatic carbocycles. The molecule has 1 aliphatic rings. The van der Waals surface area contributed by atoms with Crippen LogP contribution < -0.4 is 0 Å². The summed E-state index contributed by atoms with van der Waals surface area (Å²) in [6.07, 6.45) is -0.0542. The van der Waals surface area contributed by atoms with Gasteiger partial charge in [0.25, 0.3) is 0 Å². The molecule has 0 saturated carbocycles. The van der Waals surface area contributed by atoms with Crippen molar-refractivity contribution in [3.05, 3.63) is 0 Å². The van der Waals surface area contributed by atoms with Crippen LogP contribution in [0.5, 0.6) is 0 Å². The van der Waals surface area contributed by atoms with Crippen LogP contribution in [-0.4, -0.2) is 41.9 Å². The molecule has 1 N–H and O–H groups in total. The zero-order chi connectivity index (χ0) is 11.1. The number of alkyl halides is 1. The van der Waals surface area contributed by atoms with Gasteiger partial charge in [-0.1, -0.05) is 27.7 Å². The van der Waals surface area contributed by atoms with Gasteiger partial charge in [0.2, 0.25) is 0 Å². The summed E-state index contributed by atoms with van der Waals surface area (Å²) in [7, 11) is 0. The molecule has 0 spiro atoms. The van der Waals surface area contributed by atoms with Crippen molar-refractivity contribution in [2.45, 2.75) is 46.3 Å². The highest BCUT2D eigenvalue weighted by Gasteiger charge is 2.33. The van der Waals surface area contributed by atoms with E-state index in [1.807, 2.05) is 13.8 Å². The van der Waals surface area contributed by atoms with Crippen LogP contribution in [0.4, 0.5) is 4.39 Å². The number of aliphatic hydroxyl groups excluding tert-OH is 1. The Kier molecular flexibility index (Phi) is 7.11. The molecule has 0 aliphatic carbocycles. The fourth-order valence-electron chi connectivity index (χ4n) is 1.95. The first-order valence-corrected chi connectivity index (χ1v) is 5.64. The second-order valence-corrected chi connectivity index (χ2v) is 3.86. The van der Waals surface area contributed by atoms with Gasteiger partial charge in [-0.2, -0.15) is 0 Å². The molecule has 86 valence electrons. The molecule has 1 rings (SSSR count). The molecule has 3 heteroatoms. The summed E-state index contributed by atoms with van der Waals surface area (Å²) < 4.78 is 13.0. The molecule has 1 fully saturated rings. The van der Waals surface area contributed by atoms with Crippen molar-refractivity contribution in [1.29, 1.82) is 0 Å². The summed E-state index contributed by atoms with van der Waals surface area (Å²) in [5.41, 5.74) is 0. The van der Waals surface area contributed by atoms with Crippen LogP contribution in [0.15, 0.2) is 0 Å². The van der Waals surface area contributed by atoms with Crippen LogP contribution in [0.3, 0.4) is 0 Å². The molecule has 2 nitrogen and oxygen atoms in total. The lowest BCUT2D eigenvalue weighted by atomic mass is 10.0. The number of hydrogen-bond donors (Lipinski definition) is 1. The van der Waals surface area contributed by atoms with E-state index in [-0.39, 0.29) is 6.61 Å². The quantitative estimate of drug-likeness (QED) is 0.762. The lowest BCUT2D eigenvalue weighted by Crippen LogP contribution is -2.35.